The molecule has 1 rings (SSSR count). The van der Waals surface area contributed by atoms with Crippen molar-refractivity contribution in [3.05, 3.63) is 23.8 Å². The van der Waals surface area contributed by atoms with Crippen LogP contribution in [0.25, 0.3) is 0 Å². The monoisotopic (exact) mass is 507 g/mol. The molecule has 1 aromatic rings. The van der Waals surface area contributed by atoms with E-state index in [0.29, 0.717) is 25.0 Å². The highest BCUT2D eigenvalue weighted by Gasteiger charge is 2.11. The summed E-state index contributed by atoms with van der Waals surface area (Å²) < 4.78 is 11.0. The van der Waals surface area contributed by atoms with Crippen molar-refractivity contribution < 1.29 is 14.6 Å². The third-order valence-corrected chi connectivity index (χ3v) is 4.19. The number of ether oxygens (including phenoxy) is 2. The average molecular weight is 507 g/mol. The maximum absolute atomic E-state index is 9.28. The molecule has 0 aliphatic carbocycles. The number of aliphatic imine (C=N–C) groups is 1. The van der Waals surface area contributed by atoms with Crippen molar-refractivity contribution in [2.75, 3.05) is 33.4 Å². The fourth-order valence-electron chi connectivity index (χ4n) is 2.99. The van der Waals surface area contributed by atoms with Gasteiger partial charge in [-0.15, -0.1) is 24.0 Å². The van der Waals surface area contributed by atoms with Gasteiger partial charge in [0.1, 0.15) is 0 Å². The van der Waals surface area contributed by atoms with Crippen LogP contribution in [0.4, 0.5) is 0 Å². The van der Waals surface area contributed by atoms with E-state index in [4.69, 9.17) is 9.47 Å². The predicted molar refractivity (Wildman–Crippen MR) is 127 cm³/mol. The lowest BCUT2D eigenvalue weighted by Gasteiger charge is -2.20. The largest absolute Gasteiger partial charge is 0.493 e. The summed E-state index contributed by atoms with van der Waals surface area (Å²) >= 11 is 0. The maximum atomic E-state index is 9.28. The first-order valence-electron chi connectivity index (χ1n) is 9.96. The van der Waals surface area contributed by atoms with E-state index in [-0.39, 0.29) is 30.6 Å². The van der Waals surface area contributed by atoms with E-state index < -0.39 is 0 Å². The number of benzene rings is 1. The number of methoxy groups -OCH3 is 1. The Bertz CT molecular complexity index is 568. The van der Waals surface area contributed by atoms with Crippen LogP contribution < -0.4 is 20.1 Å². The molecule has 28 heavy (non-hydrogen) atoms. The van der Waals surface area contributed by atoms with Gasteiger partial charge in [-0.2, -0.15) is 0 Å². The van der Waals surface area contributed by atoms with Crippen molar-refractivity contribution in [1.82, 2.24) is 10.6 Å². The molecule has 0 aliphatic rings. The second-order valence-electron chi connectivity index (χ2n) is 7.00. The van der Waals surface area contributed by atoms with E-state index in [0.717, 1.165) is 49.0 Å². The topological polar surface area (TPSA) is 75.1 Å². The van der Waals surface area contributed by atoms with Crippen molar-refractivity contribution in [3.8, 4) is 11.5 Å². The minimum atomic E-state index is 0. The lowest BCUT2D eigenvalue weighted by molar-refractivity contribution is 0.243. The van der Waals surface area contributed by atoms with Crippen LogP contribution in [0.1, 0.15) is 46.1 Å². The third-order valence-electron chi connectivity index (χ3n) is 4.19. The summed E-state index contributed by atoms with van der Waals surface area (Å²) in [5, 5.41) is 16.0. The summed E-state index contributed by atoms with van der Waals surface area (Å²) in [6.45, 7) is 11.4. The highest BCUT2D eigenvalue weighted by molar-refractivity contribution is 14.0. The number of nitrogens with one attached hydrogen (secondary N) is 2. The van der Waals surface area contributed by atoms with Crippen LogP contribution in [0.5, 0.6) is 11.5 Å². The standard InChI is InChI=1S/C21H37N3O3.HI/c1-6-22-21(24-15-18(10-11-25)12-16(3)4)23-14-17-8-9-19(27-7-2)20(13-17)26-5;/h8-9,13,16,18,25H,6-7,10-12,14-15H2,1-5H3,(H2,22,23,24);1H. The molecule has 7 heteroatoms. The van der Waals surface area contributed by atoms with Crippen LogP contribution in [0, 0.1) is 11.8 Å². The zero-order valence-corrected chi connectivity index (χ0v) is 20.3. The van der Waals surface area contributed by atoms with E-state index in [9.17, 15) is 5.11 Å². The van der Waals surface area contributed by atoms with Crippen LogP contribution in [-0.2, 0) is 6.54 Å². The van der Waals surface area contributed by atoms with Gasteiger partial charge in [-0.25, -0.2) is 4.99 Å². The molecule has 0 bridgehead atoms. The smallest absolute Gasteiger partial charge is 0.191 e. The summed E-state index contributed by atoms with van der Waals surface area (Å²) in [7, 11) is 1.65. The van der Waals surface area contributed by atoms with E-state index in [2.05, 4.69) is 36.4 Å². The fraction of sp³-hybridized carbons (Fsp3) is 0.667. The third kappa shape index (κ3) is 10.4. The van der Waals surface area contributed by atoms with Gasteiger partial charge in [0.2, 0.25) is 0 Å². The van der Waals surface area contributed by atoms with Crippen LogP contribution >= 0.6 is 24.0 Å². The Kier molecular flexibility index (Phi) is 15.0. The first-order valence-corrected chi connectivity index (χ1v) is 9.96. The summed E-state index contributed by atoms with van der Waals surface area (Å²) in [4.78, 5) is 4.68. The van der Waals surface area contributed by atoms with Crippen LogP contribution in [0.2, 0.25) is 0 Å². The minimum Gasteiger partial charge on any atom is -0.493 e. The second-order valence-corrected chi connectivity index (χ2v) is 7.00. The molecule has 1 aromatic carbocycles. The lowest BCUT2D eigenvalue weighted by atomic mass is 9.94. The van der Waals surface area contributed by atoms with E-state index in [1.165, 1.54) is 0 Å². The summed E-state index contributed by atoms with van der Waals surface area (Å²) in [6.07, 6.45) is 1.89. The molecule has 1 unspecified atom stereocenters. The molecule has 0 fully saturated rings. The number of hydrogen-bond donors (Lipinski definition) is 3. The molecule has 0 saturated carbocycles. The molecule has 0 aliphatic heterocycles. The zero-order chi connectivity index (χ0) is 20.1. The number of halogens is 1. The van der Waals surface area contributed by atoms with Crippen molar-refractivity contribution >= 4 is 29.9 Å². The summed E-state index contributed by atoms with van der Waals surface area (Å²) in [5.41, 5.74) is 1.06. The molecule has 162 valence electrons. The average Bonchev–Trinajstić information content (AvgIpc) is 2.64. The Balaban J connectivity index is 0.00000729. The summed E-state index contributed by atoms with van der Waals surface area (Å²) in [5.74, 6) is 3.31. The normalized spacial score (nSPS) is 12.3. The molecule has 6 nitrogen and oxygen atoms in total. The maximum Gasteiger partial charge on any atom is 0.191 e. The molecule has 3 N–H and O–H groups in total. The number of aliphatic hydroxyl groups excluding tert-OH is 1. The van der Waals surface area contributed by atoms with Gasteiger partial charge < -0.3 is 25.2 Å². The molecule has 0 amide bonds. The van der Waals surface area contributed by atoms with Gasteiger partial charge in [0.25, 0.3) is 0 Å². The molecule has 0 heterocycles. The van der Waals surface area contributed by atoms with Crippen LogP contribution in [-0.4, -0.2) is 44.5 Å². The van der Waals surface area contributed by atoms with Gasteiger partial charge >= 0.3 is 0 Å². The number of hydrogen-bond acceptors (Lipinski definition) is 4. The number of rotatable bonds is 12. The molecular formula is C21H38IN3O3. The van der Waals surface area contributed by atoms with Gasteiger partial charge in [0.15, 0.2) is 17.5 Å². The van der Waals surface area contributed by atoms with E-state index in [1.807, 2.05) is 25.1 Å². The quantitative estimate of drug-likeness (QED) is 0.228. The van der Waals surface area contributed by atoms with E-state index in [1.54, 1.807) is 7.11 Å². The van der Waals surface area contributed by atoms with Gasteiger partial charge in [-0.3, -0.25) is 0 Å². The number of nitrogens with zero attached hydrogens (tertiary/aromatic N) is 1. The van der Waals surface area contributed by atoms with Gasteiger partial charge in [-0.1, -0.05) is 19.9 Å². The summed E-state index contributed by atoms with van der Waals surface area (Å²) in [6, 6.07) is 5.90. The first kappa shape index (κ1) is 26.8. The van der Waals surface area contributed by atoms with Crippen molar-refractivity contribution in [3.63, 3.8) is 0 Å². The molecular weight excluding hydrogens is 469 g/mol. The zero-order valence-electron chi connectivity index (χ0n) is 18.0. The Hall–Kier alpha value is -1.22. The molecule has 0 spiro atoms. The molecule has 1 atom stereocenters. The second kappa shape index (κ2) is 15.7. The highest BCUT2D eigenvalue weighted by atomic mass is 127. The Morgan fingerprint density at radius 3 is 2.50 bits per heavy atom. The first-order chi connectivity index (χ1) is 13.0. The Morgan fingerprint density at radius 1 is 1.18 bits per heavy atom. The SMILES string of the molecule is CCNC(=NCc1ccc(OCC)c(OC)c1)NCC(CCO)CC(C)C.I. The van der Waals surface area contributed by atoms with E-state index >= 15 is 0 Å². The molecule has 0 aromatic heterocycles. The van der Waals surface area contributed by atoms with Crippen LogP contribution in [0.15, 0.2) is 23.2 Å². The lowest BCUT2D eigenvalue weighted by Crippen LogP contribution is -2.40. The van der Waals surface area contributed by atoms with Crippen molar-refractivity contribution in [1.29, 1.82) is 0 Å². The highest BCUT2D eigenvalue weighted by Crippen LogP contribution is 2.28. The minimum absolute atomic E-state index is 0. The Morgan fingerprint density at radius 2 is 1.93 bits per heavy atom. The van der Waals surface area contributed by atoms with Gasteiger partial charge in [0.05, 0.1) is 20.3 Å². The van der Waals surface area contributed by atoms with Gasteiger partial charge in [0, 0.05) is 19.7 Å². The number of aliphatic hydroxyl groups is 1. The molecule has 0 radical (unpaired) electrons. The van der Waals surface area contributed by atoms with Crippen LogP contribution in [0.3, 0.4) is 0 Å². The van der Waals surface area contributed by atoms with Crippen molar-refractivity contribution in [2.24, 2.45) is 16.8 Å². The Labute approximate surface area is 187 Å². The molecule has 0 saturated heterocycles. The number of guanidine groups is 1. The van der Waals surface area contributed by atoms with Crippen molar-refractivity contribution in [2.45, 2.75) is 47.1 Å². The fourth-order valence-corrected chi connectivity index (χ4v) is 2.99. The predicted octanol–water partition coefficient (Wildman–Crippen LogP) is 3.81. The van der Waals surface area contributed by atoms with Gasteiger partial charge in [-0.05, 0) is 56.2 Å².